The van der Waals surface area contributed by atoms with Gasteiger partial charge in [-0.1, -0.05) is 0 Å². The fourth-order valence-corrected chi connectivity index (χ4v) is 4.66. The lowest BCUT2D eigenvalue weighted by atomic mass is 10.2. The molecule has 3 rings (SSSR count). The molecular weight excluding hydrogens is 408 g/mol. The number of hydrogen-bond acceptors (Lipinski definition) is 6. The first kappa shape index (κ1) is 21.9. The van der Waals surface area contributed by atoms with Crippen LogP contribution < -0.4 is 19.5 Å². The minimum Gasteiger partial charge on any atom is -0.496 e. The summed E-state index contributed by atoms with van der Waals surface area (Å²) in [6.07, 6.45) is 0.962. The molecule has 2 aromatic rings. The molecule has 0 radical (unpaired) electrons. The van der Waals surface area contributed by atoms with E-state index in [2.05, 4.69) is 5.32 Å². The Morgan fingerprint density at radius 1 is 0.967 bits per heavy atom. The second kappa shape index (κ2) is 9.36. The molecule has 1 saturated heterocycles. The summed E-state index contributed by atoms with van der Waals surface area (Å²) < 4.78 is 42.7. The highest BCUT2D eigenvalue weighted by Gasteiger charge is 2.27. The van der Waals surface area contributed by atoms with Gasteiger partial charge in [-0.3, -0.25) is 4.79 Å². The average molecular weight is 435 g/mol. The quantitative estimate of drug-likeness (QED) is 0.687. The SMILES string of the molecule is COc1cc(OC)cc(OC(C)C(=O)Nc2ccc(S(=O)(=O)N3CCCC3)cc2)c1. The number of methoxy groups -OCH3 is 2. The highest BCUT2D eigenvalue weighted by Crippen LogP contribution is 2.28. The average Bonchev–Trinajstić information content (AvgIpc) is 3.29. The van der Waals surface area contributed by atoms with Crippen LogP contribution in [0.2, 0.25) is 0 Å². The van der Waals surface area contributed by atoms with Gasteiger partial charge in [-0.05, 0) is 44.0 Å². The van der Waals surface area contributed by atoms with Crippen LogP contribution in [0, 0.1) is 0 Å². The van der Waals surface area contributed by atoms with Crippen molar-refractivity contribution in [1.29, 1.82) is 0 Å². The minimum atomic E-state index is -3.48. The van der Waals surface area contributed by atoms with Crippen molar-refractivity contribution >= 4 is 21.6 Å². The lowest BCUT2D eigenvalue weighted by Crippen LogP contribution is -2.30. The zero-order valence-electron chi connectivity index (χ0n) is 17.3. The number of carbonyl (C=O) groups excluding carboxylic acids is 1. The molecule has 1 unspecified atom stereocenters. The molecule has 2 aromatic carbocycles. The normalized spacial score (nSPS) is 15.4. The van der Waals surface area contributed by atoms with E-state index >= 15 is 0 Å². The third-order valence-electron chi connectivity index (χ3n) is 4.83. The Bertz CT molecular complexity index is 963. The Morgan fingerprint density at radius 3 is 2.03 bits per heavy atom. The second-order valence-corrected chi connectivity index (χ2v) is 8.87. The smallest absolute Gasteiger partial charge is 0.265 e. The van der Waals surface area contributed by atoms with Crippen molar-refractivity contribution in [3.63, 3.8) is 0 Å². The van der Waals surface area contributed by atoms with Gasteiger partial charge in [0.1, 0.15) is 17.2 Å². The van der Waals surface area contributed by atoms with Gasteiger partial charge in [0.05, 0.1) is 19.1 Å². The van der Waals surface area contributed by atoms with Gasteiger partial charge in [-0.2, -0.15) is 4.31 Å². The first-order chi connectivity index (χ1) is 14.3. The second-order valence-electron chi connectivity index (χ2n) is 6.93. The van der Waals surface area contributed by atoms with Crippen molar-refractivity contribution in [3.05, 3.63) is 42.5 Å². The summed E-state index contributed by atoms with van der Waals surface area (Å²) in [6.45, 7) is 2.71. The largest absolute Gasteiger partial charge is 0.496 e. The molecule has 162 valence electrons. The van der Waals surface area contributed by atoms with E-state index in [0.29, 0.717) is 36.0 Å². The van der Waals surface area contributed by atoms with E-state index < -0.39 is 16.1 Å². The van der Waals surface area contributed by atoms with Crippen LogP contribution in [0.3, 0.4) is 0 Å². The van der Waals surface area contributed by atoms with Gasteiger partial charge in [0.25, 0.3) is 5.91 Å². The topological polar surface area (TPSA) is 94.2 Å². The summed E-state index contributed by atoms with van der Waals surface area (Å²) in [5.41, 5.74) is 0.485. The van der Waals surface area contributed by atoms with Gasteiger partial charge in [0.15, 0.2) is 6.10 Å². The van der Waals surface area contributed by atoms with Gasteiger partial charge in [0, 0.05) is 37.0 Å². The number of nitrogens with zero attached hydrogens (tertiary/aromatic N) is 1. The predicted molar refractivity (Wildman–Crippen MR) is 113 cm³/mol. The van der Waals surface area contributed by atoms with E-state index in [-0.39, 0.29) is 10.8 Å². The molecule has 1 heterocycles. The van der Waals surface area contributed by atoms with E-state index in [1.807, 2.05) is 0 Å². The molecular formula is C21H26N2O6S. The third-order valence-corrected chi connectivity index (χ3v) is 6.74. The Kier molecular flexibility index (Phi) is 6.84. The Hall–Kier alpha value is -2.78. The first-order valence-electron chi connectivity index (χ1n) is 9.64. The Balaban J connectivity index is 1.64. The van der Waals surface area contributed by atoms with E-state index in [1.54, 1.807) is 37.3 Å². The number of rotatable bonds is 8. The van der Waals surface area contributed by atoms with Crippen LogP contribution in [0.4, 0.5) is 5.69 Å². The maximum Gasteiger partial charge on any atom is 0.265 e. The number of carbonyl (C=O) groups is 1. The van der Waals surface area contributed by atoms with Gasteiger partial charge < -0.3 is 19.5 Å². The number of sulfonamides is 1. The van der Waals surface area contributed by atoms with Gasteiger partial charge in [-0.25, -0.2) is 8.42 Å². The first-order valence-corrected chi connectivity index (χ1v) is 11.1. The van der Waals surface area contributed by atoms with Crippen LogP contribution in [0.15, 0.2) is 47.4 Å². The van der Waals surface area contributed by atoms with Crippen molar-refractivity contribution in [2.24, 2.45) is 0 Å². The molecule has 1 aliphatic rings. The number of nitrogens with one attached hydrogen (secondary N) is 1. The summed E-state index contributed by atoms with van der Waals surface area (Å²) in [6, 6.07) is 11.2. The lowest BCUT2D eigenvalue weighted by molar-refractivity contribution is -0.122. The molecule has 30 heavy (non-hydrogen) atoms. The predicted octanol–water partition coefficient (Wildman–Crippen LogP) is 2.89. The van der Waals surface area contributed by atoms with Crippen molar-refractivity contribution in [2.75, 3.05) is 32.6 Å². The highest BCUT2D eigenvalue weighted by atomic mass is 32.2. The molecule has 1 N–H and O–H groups in total. The van der Waals surface area contributed by atoms with Crippen LogP contribution in [0.25, 0.3) is 0 Å². The number of benzene rings is 2. The van der Waals surface area contributed by atoms with Crippen molar-refractivity contribution < 1.29 is 27.4 Å². The fraction of sp³-hybridized carbons (Fsp3) is 0.381. The monoisotopic (exact) mass is 434 g/mol. The van der Waals surface area contributed by atoms with Gasteiger partial charge in [0.2, 0.25) is 10.0 Å². The molecule has 8 nitrogen and oxygen atoms in total. The Morgan fingerprint density at radius 2 is 1.50 bits per heavy atom. The molecule has 0 aromatic heterocycles. The van der Waals surface area contributed by atoms with Crippen LogP contribution >= 0.6 is 0 Å². The van der Waals surface area contributed by atoms with Crippen molar-refractivity contribution in [2.45, 2.75) is 30.8 Å². The summed E-state index contributed by atoms with van der Waals surface area (Å²) in [5.74, 6) is 1.16. The zero-order chi connectivity index (χ0) is 21.7. The number of anilines is 1. The maximum atomic E-state index is 12.6. The number of hydrogen-bond donors (Lipinski definition) is 1. The van der Waals surface area contributed by atoms with Gasteiger partial charge >= 0.3 is 0 Å². The van der Waals surface area contributed by atoms with E-state index in [4.69, 9.17) is 14.2 Å². The maximum absolute atomic E-state index is 12.6. The summed E-state index contributed by atoms with van der Waals surface area (Å²) in [5, 5.41) is 2.73. The molecule has 0 bridgehead atoms. The summed E-state index contributed by atoms with van der Waals surface area (Å²) >= 11 is 0. The molecule has 9 heteroatoms. The third kappa shape index (κ3) is 5.03. The fourth-order valence-electron chi connectivity index (χ4n) is 3.14. The standard InChI is InChI=1S/C21H26N2O6S/c1-15(29-19-13-17(27-2)12-18(14-19)28-3)21(24)22-16-6-8-20(9-7-16)30(25,26)23-10-4-5-11-23/h6-9,12-15H,4-5,10-11H2,1-3H3,(H,22,24). The molecule has 1 amide bonds. The Labute approximate surface area is 176 Å². The molecule has 0 aliphatic carbocycles. The van der Waals surface area contributed by atoms with E-state index in [1.165, 1.54) is 30.7 Å². The zero-order valence-corrected chi connectivity index (χ0v) is 18.1. The highest BCUT2D eigenvalue weighted by molar-refractivity contribution is 7.89. The molecule has 0 spiro atoms. The molecule has 0 saturated carbocycles. The van der Waals surface area contributed by atoms with Crippen LogP contribution in [0.5, 0.6) is 17.2 Å². The molecule has 1 fully saturated rings. The number of ether oxygens (including phenoxy) is 3. The lowest BCUT2D eigenvalue weighted by Gasteiger charge is -2.17. The molecule has 1 atom stereocenters. The van der Waals surface area contributed by atoms with Crippen LogP contribution in [-0.4, -0.2) is 52.0 Å². The van der Waals surface area contributed by atoms with Crippen LogP contribution in [-0.2, 0) is 14.8 Å². The summed E-state index contributed by atoms with van der Waals surface area (Å²) in [7, 11) is -0.422. The van der Waals surface area contributed by atoms with Crippen molar-refractivity contribution in [3.8, 4) is 17.2 Å². The number of amides is 1. The van der Waals surface area contributed by atoms with Gasteiger partial charge in [-0.15, -0.1) is 0 Å². The minimum absolute atomic E-state index is 0.218. The van der Waals surface area contributed by atoms with E-state index in [9.17, 15) is 13.2 Å². The summed E-state index contributed by atoms with van der Waals surface area (Å²) in [4.78, 5) is 12.7. The van der Waals surface area contributed by atoms with Crippen molar-refractivity contribution in [1.82, 2.24) is 4.31 Å². The van der Waals surface area contributed by atoms with Crippen LogP contribution in [0.1, 0.15) is 19.8 Å². The molecule has 1 aliphatic heterocycles. The van der Waals surface area contributed by atoms with E-state index in [0.717, 1.165) is 12.8 Å².